The highest BCUT2D eigenvalue weighted by Crippen LogP contribution is 2.26. The van der Waals surface area contributed by atoms with Gasteiger partial charge in [0.2, 0.25) is 11.8 Å². The average Bonchev–Trinajstić information content (AvgIpc) is 2.95. The first-order valence-corrected chi connectivity index (χ1v) is 8.14. The Morgan fingerprint density at radius 2 is 2.05 bits per heavy atom. The van der Waals surface area contributed by atoms with Crippen molar-refractivity contribution in [2.45, 2.75) is 57.2 Å². The van der Waals surface area contributed by atoms with E-state index in [2.05, 4.69) is 20.2 Å². The molecule has 1 saturated heterocycles. The summed E-state index contributed by atoms with van der Waals surface area (Å²) in [5.41, 5.74) is 0.786. The van der Waals surface area contributed by atoms with Crippen LogP contribution in [0.1, 0.15) is 44.2 Å². The van der Waals surface area contributed by atoms with Crippen LogP contribution in [-0.4, -0.2) is 46.5 Å². The standard InChI is InChI=1S/C16H24N4O2/c1-22-16-14(17-7-8-18-16)10-19-12-9-15(21)20(11-12)13-5-3-2-4-6-13/h7-8,12-13,19H,2-6,9-11H2,1H3. The summed E-state index contributed by atoms with van der Waals surface area (Å²) < 4.78 is 5.21. The Bertz CT molecular complexity index is 517. The molecule has 0 aromatic carbocycles. The van der Waals surface area contributed by atoms with Crippen LogP contribution in [0.2, 0.25) is 0 Å². The maximum atomic E-state index is 12.3. The van der Waals surface area contributed by atoms with Crippen LogP contribution in [0.5, 0.6) is 5.88 Å². The molecule has 2 aliphatic rings. The van der Waals surface area contributed by atoms with Crippen molar-refractivity contribution in [2.75, 3.05) is 13.7 Å². The van der Waals surface area contributed by atoms with Crippen LogP contribution in [0, 0.1) is 0 Å². The lowest BCUT2D eigenvalue weighted by molar-refractivity contribution is -0.130. The molecule has 6 heteroatoms. The van der Waals surface area contributed by atoms with E-state index in [1.54, 1.807) is 19.5 Å². The lowest BCUT2D eigenvalue weighted by Gasteiger charge is -2.31. The highest BCUT2D eigenvalue weighted by Gasteiger charge is 2.34. The number of hydrogen-bond acceptors (Lipinski definition) is 5. The van der Waals surface area contributed by atoms with Gasteiger partial charge in [-0.05, 0) is 12.8 Å². The van der Waals surface area contributed by atoms with Crippen molar-refractivity contribution in [3.05, 3.63) is 18.1 Å². The van der Waals surface area contributed by atoms with Crippen LogP contribution in [0.25, 0.3) is 0 Å². The van der Waals surface area contributed by atoms with E-state index >= 15 is 0 Å². The Morgan fingerprint density at radius 1 is 1.27 bits per heavy atom. The lowest BCUT2D eigenvalue weighted by Crippen LogP contribution is -2.40. The molecule has 3 rings (SSSR count). The average molecular weight is 304 g/mol. The Morgan fingerprint density at radius 3 is 2.82 bits per heavy atom. The Balaban J connectivity index is 1.55. The molecule has 1 unspecified atom stereocenters. The molecule has 1 aromatic heterocycles. The molecule has 1 aliphatic carbocycles. The number of nitrogens with one attached hydrogen (secondary N) is 1. The second-order valence-corrected chi connectivity index (χ2v) is 6.13. The van der Waals surface area contributed by atoms with Gasteiger partial charge in [0, 0.05) is 44.0 Å². The molecule has 2 fully saturated rings. The van der Waals surface area contributed by atoms with E-state index in [1.807, 2.05) is 0 Å². The summed E-state index contributed by atoms with van der Waals surface area (Å²) in [5.74, 6) is 0.832. The number of carbonyl (C=O) groups excluding carboxylic acids is 1. The zero-order chi connectivity index (χ0) is 15.4. The summed E-state index contributed by atoms with van der Waals surface area (Å²) >= 11 is 0. The molecule has 6 nitrogen and oxygen atoms in total. The number of likely N-dealkylation sites (tertiary alicyclic amines) is 1. The molecular formula is C16H24N4O2. The number of rotatable bonds is 5. The van der Waals surface area contributed by atoms with Crippen LogP contribution < -0.4 is 10.1 Å². The normalized spacial score (nSPS) is 23.0. The van der Waals surface area contributed by atoms with E-state index in [9.17, 15) is 4.79 Å². The van der Waals surface area contributed by atoms with Crippen LogP contribution >= 0.6 is 0 Å². The van der Waals surface area contributed by atoms with Crippen molar-refractivity contribution in [2.24, 2.45) is 0 Å². The van der Waals surface area contributed by atoms with E-state index < -0.39 is 0 Å². The van der Waals surface area contributed by atoms with Crippen LogP contribution in [-0.2, 0) is 11.3 Å². The second kappa shape index (κ2) is 7.05. The Labute approximate surface area is 131 Å². The van der Waals surface area contributed by atoms with Gasteiger partial charge in [-0.1, -0.05) is 19.3 Å². The number of ether oxygens (including phenoxy) is 1. The van der Waals surface area contributed by atoms with Crippen molar-refractivity contribution in [3.8, 4) is 5.88 Å². The van der Waals surface area contributed by atoms with Gasteiger partial charge in [-0.2, -0.15) is 0 Å². The van der Waals surface area contributed by atoms with Crippen molar-refractivity contribution < 1.29 is 9.53 Å². The van der Waals surface area contributed by atoms with Crippen molar-refractivity contribution in [3.63, 3.8) is 0 Å². The molecule has 1 amide bonds. The molecule has 0 bridgehead atoms. The number of carbonyl (C=O) groups is 1. The number of aromatic nitrogens is 2. The van der Waals surface area contributed by atoms with Gasteiger partial charge in [0.05, 0.1) is 7.11 Å². The summed E-state index contributed by atoms with van der Waals surface area (Å²) in [6, 6.07) is 0.653. The van der Waals surface area contributed by atoms with Crippen molar-refractivity contribution in [1.82, 2.24) is 20.2 Å². The first kappa shape index (κ1) is 15.2. The SMILES string of the molecule is COc1nccnc1CNC1CC(=O)N(C2CCCCC2)C1. The molecule has 1 saturated carbocycles. The molecule has 2 heterocycles. The topological polar surface area (TPSA) is 67.4 Å². The van der Waals surface area contributed by atoms with Gasteiger partial charge in [-0.25, -0.2) is 4.98 Å². The highest BCUT2D eigenvalue weighted by atomic mass is 16.5. The fourth-order valence-electron chi connectivity index (χ4n) is 3.50. The fraction of sp³-hybridized carbons (Fsp3) is 0.688. The number of hydrogen-bond donors (Lipinski definition) is 1. The number of nitrogens with zero attached hydrogens (tertiary/aromatic N) is 3. The minimum Gasteiger partial charge on any atom is -0.480 e. The van der Waals surface area contributed by atoms with Gasteiger partial charge < -0.3 is 15.0 Å². The predicted octanol–water partition coefficient (Wildman–Crippen LogP) is 1.51. The van der Waals surface area contributed by atoms with Crippen LogP contribution in [0.4, 0.5) is 0 Å². The van der Waals surface area contributed by atoms with Crippen molar-refractivity contribution in [1.29, 1.82) is 0 Å². The largest absolute Gasteiger partial charge is 0.480 e. The molecule has 1 atom stereocenters. The third-order valence-electron chi connectivity index (χ3n) is 4.66. The molecule has 22 heavy (non-hydrogen) atoms. The maximum Gasteiger partial charge on any atom is 0.236 e. The summed E-state index contributed by atoms with van der Waals surface area (Å²) in [5, 5.41) is 3.43. The highest BCUT2D eigenvalue weighted by molar-refractivity contribution is 5.79. The molecule has 1 N–H and O–H groups in total. The summed E-state index contributed by atoms with van der Waals surface area (Å²) in [6.07, 6.45) is 10.0. The van der Waals surface area contributed by atoms with Gasteiger partial charge in [0.15, 0.2) is 0 Å². The number of amides is 1. The minimum absolute atomic E-state index is 0.195. The van der Waals surface area contributed by atoms with E-state index in [0.29, 0.717) is 24.9 Å². The van der Waals surface area contributed by atoms with E-state index in [1.165, 1.54) is 19.3 Å². The maximum absolute atomic E-state index is 12.3. The Kier molecular flexibility index (Phi) is 4.87. The quantitative estimate of drug-likeness (QED) is 0.893. The summed E-state index contributed by atoms with van der Waals surface area (Å²) in [4.78, 5) is 22.8. The first-order chi connectivity index (χ1) is 10.8. The predicted molar refractivity (Wildman–Crippen MR) is 82.4 cm³/mol. The first-order valence-electron chi connectivity index (χ1n) is 8.14. The lowest BCUT2D eigenvalue weighted by atomic mass is 9.94. The summed E-state index contributed by atoms with van der Waals surface area (Å²) in [7, 11) is 1.59. The van der Waals surface area contributed by atoms with E-state index in [0.717, 1.165) is 25.1 Å². The molecule has 0 spiro atoms. The number of methoxy groups -OCH3 is 1. The van der Waals surface area contributed by atoms with Gasteiger partial charge in [0.25, 0.3) is 0 Å². The molecule has 120 valence electrons. The zero-order valence-electron chi connectivity index (χ0n) is 13.1. The van der Waals surface area contributed by atoms with Gasteiger partial charge >= 0.3 is 0 Å². The fourth-order valence-corrected chi connectivity index (χ4v) is 3.50. The van der Waals surface area contributed by atoms with Gasteiger partial charge in [-0.15, -0.1) is 0 Å². The third-order valence-corrected chi connectivity index (χ3v) is 4.66. The van der Waals surface area contributed by atoms with Gasteiger partial charge in [-0.3, -0.25) is 9.78 Å². The smallest absolute Gasteiger partial charge is 0.236 e. The molecular weight excluding hydrogens is 280 g/mol. The van der Waals surface area contributed by atoms with E-state index in [4.69, 9.17) is 4.74 Å². The second-order valence-electron chi connectivity index (χ2n) is 6.13. The molecule has 1 aromatic rings. The Hall–Kier alpha value is -1.69. The summed E-state index contributed by atoms with van der Waals surface area (Å²) in [6.45, 7) is 1.39. The third kappa shape index (κ3) is 3.38. The van der Waals surface area contributed by atoms with Crippen LogP contribution in [0.3, 0.4) is 0 Å². The molecule has 0 radical (unpaired) electrons. The monoisotopic (exact) mass is 304 g/mol. The van der Waals surface area contributed by atoms with Gasteiger partial charge in [0.1, 0.15) is 5.69 Å². The van der Waals surface area contributed by atoms with E-state index in [-0.39, 0.29) is 11.9 Å². The zero-order valence-corrected chi connectivity index (χ0v) is 13.1. The van der Waals surface area contributed by atoms with Crippen LogP contribution in [0.15, 0.2) is 12.4 Å². The minimum atomic E-state index is 0.195. The van der Waals surface area contributed by atoms with Crippen molar-refractivity contribution >= 4 is 5.91 Å². The molecule has 1 aliphatic heterocycles.